The summed E-state index contributed by atoms with van der Waals surface area (Å²) in [5, 5.41) is 17.4. The summed E-state index contributed by atoms with van der Waals surface area (Å²) in [7, 11) is 3.29. The van der Waals surface area contributed by atoms with Crippen molar-refractivity contribution in [2.24, 2.45) is 33.7 Å². The molecule has 3 atom stereocenters. The van der Waals surface area contributed by atoms with E-state index in [0.29, 0.717) is 46.2 Å². The molecule has 0 aliphatic carbocycles. The fourth-order valence-electron chi connectivity index (χ4n) is 8.35. The van der Waals surface area contributed by atoms with Crippen molar-refractivity contribution in [1.29, 1.82) is 0 Å². The van der Waals surface area contributed by atoms with Gasteiger partial charge >= 0.3 is 0 Å². The van der Waals surface area contributed by atoms with Crippen molar-refractivity contribution in [3.63, 3.8) is 0 Å². The first-order valence-corrected chi connectivity index (χ1v) is 22.9. The van der Waals surface area contributed by atoms with Gasteiger partial charge in [0.05, 0.1) is 39.6 Å². The SMILES string of the molecule is CC#Cc1nn(C2CC(O)C(COC(c3ccccc3)(c3ccc(OC)cc3)c3ccc(OC)cc3)O2)c2nc(N=CN(CC(C)C)CC(C)C)nc(N=CN(CC(C)C)CC(C)C)c12. The molecule has 6 rings (SSSR count). The van der Waals surface area contributed by atoms with E-state index >= 15 is 0 Å². The second kappa shape index (κ2) is 22.4. The zero-order chi connectivity index (χ0) is 46.7. The Balaban J connectivity index is 1.42. The number of rotatable bonds is 21. The Hall–Kier alpha value is -5.81. The maximum Gasteiger partial charge on any atom is 0.254 e. The summed E-state index contributed by atoms with van der Waals surface area (Å²) in [5.74, 6) is 10.0. The Labute approximate surface area is 385 Å². The predicted molar refractivity (Wildman–Crippen MR) is 259 cm³/mol. The molecule has 0 radical (unpaired) electrons. The molecular formula is C52H68N8O5. The Morgan fingerprint density at radius 1 is 0.754 bits per heavy atom. The van der Waals surface area contributed by atoms with Crippen molar-refractivity contribution >= 4 is 35.5 Å². The van der Waals surface area contributed by atoms with Crippen LogP contribution >= 0.6 is 0 Å². The number of aromatic nitrogens is 4. The van der Waals surface area contributed by atoms with Crippen LogP contribution in [-0.4, -0.2) is 107 Å². The molecule has 1 fully saturated rings. The first kappa shape index (κ1) is 48.6. The van der Waals surface area contributed by atoms with Crippen LogP contribution in [0.2, 0.25) is 0 Å². The van der Waals surface area contributed by atoms with Gasteiger partial charge in [-0.25, -0.2) is 14.7 Å². The van der Waals surface area contributed by atoms with Crippen LogP contribution < -0.4 is 9.47 Å². The number of aliphatic hydroxyl groups excluding tert-OH is 1. The highest BCUT2D eigenvalue weighted by atomic mass is 16.6. The molecular weight excluding hydrogens is 817 g/mol. The molecule has 0 amide bonds. The molecule has 3 heterocycles. The maximum absolute atomic E-state index is 11.8. The minimum Gasteiger partial charge on any atom is -0.497 e. The molecule has 2 aromatic heterocycles. The number of ether oxygens (including phenoxy) is 4. The average molecular weight is 885 g/mol. The third-order valence-corrected chi connectivity index (χ3v) is 11.0. The molecule has 1 aliphatic heterocycles. The second-order valence-corrected chi connectivity index (χ2v) is 18.4. The first-order valence-electron chi connectivity index (χ1n) is 22.9. The van der Waals surface area contributed by atoms with Crippen LogP contribution in [0.5, 0.6) is 11.5 Å². The van der Waals surface area contributed by atoms with Gasteiger partial charge in [-0.3, -0.25) is 0 Å². The molecule has 0 saturated carbocycles. The van der Waals surface area contributed by atoms with E-state index in [4.69, 9.17) is 44.0 Å². The second-order valence-electron chi connectivity index (χ2n) is 18.4. The zero-order valence-corrected chi connectivity index (χ0v) is 40.1. The third kappa shape index (κ3) is 12.1. The molecule has 13 heteroatoms. The van der Waals surface area contributed by atoms with Crippen molar-refractivity contribution in [3.8, 4) is 23.3 Å². The summed E-state index contributed by atoms with van der Waals surface area (Å²) in [6.07, 6.45) is 1.56. The van der Waals surface area contributed by atoms with E-state index < -0.39 is 24.0 Å². The lowest BCUT2D eigenvalue weighted by atomic mass is 9.80. The zero-order valence-electron chi connectivity index (χ0n) is 40.1. The van der Waals surface area contributed by atoms with Crippen LogP contribution in [0.3, 0.4) is 0 Å². The summed E-state index contributed by atoms with van der Waals surface area (Å²) in [4.78, 5) is 24.3. The number of aliphatic imine (C=N–C) groups is 2. The van der Waals surface area contributed by atoms with Gasteiger partial charge in [-0.2, -0.15) is 15.1 Å². The molecule has 1 N–H and O–H groups in total. The lowest BCUT2D eigenvalue weighted by molar-refractivity contribution is -0.0950. The highest BCUT2D eigenvalue weighted by Gasteiger charge is 2.43. The Kier molecular flexibility index (Phi) is 16.8. The molecule has 5 aromatic rings. The minimum atomic E-state index is -1.10. The van der Waals surface area contributed by atoms with Crippen molar-refractivity contribution in [1.82, 2.24) is 29.5 Å². The summed E-state index contributed by atoms with van der Waals surface area (Å²) >= 11 is 0. The highest BCUT2D eigenvalue weighted by Crippen LogP contribution is 2.43. The maximum atomic E-state index is 11.8. The molecule has 3 unspecified atom stereocenters. The van der Waals surface area contributed by atoms with E-state index in [2.05, 4.69) is 77.0 Å². The fraction of sp³-hybridized carbons (Fsp3) is 0.481. The lowest BCUT2D eigenvalue weighted by Crippen LogP contribution is -2.38. The predicted octanol–water partition coefficient (Wildman–Crippen LogP) is 9.42. The standard InChI is InChI=1S/C52H68N8O5/c1-12-16-44-48-49(53-33-58(28-35(2)3)29-36(4)5)55-51(54-34-59(30-37(6)7)31-38(8)9)56-50(48)60(57-44)47-27-45(61)46(65-47)32-64-52(39-17-14-13-15-18-39,40-19-23-42(62-10)24-20-40)41-21-25-43(63-11)26-22-41/h13-15,17-26,33-38,45-47,61H,27-32H2,1-11H3. The minimum absolute atomic E-state index is 0.0363. The Bertz CT molecular complexity index is 2330. The van der Waals surface area contributed by atoms with Gasteiger partial charge in [-0.1, -0.05) is 116 Å². The van der Waals surface area contributed by atoms with Gasteiger partial charge in [0, 0.05) is 32.6 Å². The normalized spacial score (nSPS) is 16.7. The van der Waals surface area contributed by atoms with E-state index in [1.54, 1.807) is 25.8 Å². The van der Waals surface area contributed by atoms with Gasteiger partial charge in [0.25, 0.3) is 5.95 Å². The quantitative estimate of drug-likeness (QED) is 0.0329. The van der Waals surface area contributed by atoms with E-state index in [-0.39, 0.29) is 19.0 Å². The van der Waals surface area contributed by atoms with E-state index in [9.17, 15) is 5.11 Å². The van der Waals surface area contributed by atoms with Gasteiger partial charge in [-0.05, 0) is 77.5 Å². The van der Waals surface area contributed by atoms with E-state index in [1.807, 2.05) is 91.5 Å². The molecule has 1 saturated heterocycles. The van der Waals surface area contributed by atoms with Crippen LogP contribution in [0.1, 0.15) is 97.3 Å². The van der Waals surface area contributed by atoms with Crippen molar-refractivity contribution in [2.75, 3.05) is 47.0 Å². The Morgan fingerprint density at radius 2 is 1.26 bits per heavy atom. The number of nitrogens with zero attached hydrogens (tertiary/aromatic N) is 8. The molecule has 3 aromatic carbocycles. The number of fused-ring (bicyclic) bond motifs is 1. The summed E-state index contributed by atoms with van der Waals surface area (Å²) in [5.41, 5.74) is 2.47. The summed E-state index contributed by atoms with van der Waals surface area (Å²) < 4.78 is 26.7. The number of hydrogen-bond acceptors (Lipinski definition) is 10. The smallest absolute Gasteiger partial charge is 0.254 e. The van der Waals surface area contributed by atoms with Crippen molar-refractivity contribution in [2.45, 2.75) is 92.8 Å². The van der Waals surface area contributed by atoms with Gasteiger partial charge in [0.2, 0.25) is 0 Å². The van der Waals surface area contributed by atoms with E-state index in [1.165, 1.54) is 0 Å². The first-order chi connectivity index (χ1) is 31.2. The van der Waals surface area contributed by atoms with Crippen LogP contribution in [0.25, 0.3) is 11.0 Å². The molecule has 0 bridgehead atoms. The average Bonchev–Trinajstić information content (AvgIpc) is 3.84. The fourth-order valence-corrected chi connectivity index (χ4v) is 8.35. The number of hydrogen-bond donors (Lipinski definition) is 1. The van der Waals surface area contributed by atoms with Gasteiger partial charge in [-0.15, -0.1) is 0 Å². The van der Waals surface area contributed by atoms with Gasteiger partial charge in [0.15, 0.2) is 17.7 Å². The molecule has 13 nitrogen and oxygen atoms in total. The topological polar surface area (TPSA) is 132 Å². The van der Waals surface area contributed by atoms with Crippen LogP contribution in [0, 0.1) is 35.5 Å². The van der Waals surface area contributed by atoms with Crippen molar-refractivity contribution < 1.29 is 24.1 Å². The molecule has 1 aliphatic rings. The van der Waals surface area contributed by atoms with E-state index in [0.717, 1.165) is 54.4 Å². The highest BCUT2D eigenvalue weighted by molar-refractivity contribution is 5.92. The molecule has 346 valence electrons. The lowest BCUT2D eigenvalue weighted by Gasteiger charge is -2.37. The third-order valence-electron chi connectivity index (χ3n) is 11.0. The largest absolute Gasteiger partial charge is 0.497 e. The van der Waals surface area contributed by atoms with Crippen LogP contribution in [0.4, 0.5) is 11.8 Å². The Morgan fingerprint density at radius 3 is 1.75 bits per heavy atom. The number of benzene rings is 3. The van der Waals surface area contributed by atoms with Gasteiger partial charge < -0.3 is 33.9 Å². The van der Waals surface area contributed by atoms with Crippen LogP contribution in [0.15, 0.2) is 88.8 Å². The molecule has 0 spiro atoms. The number of aliphatic hydroxyl groups is 1. The number of methoxy groups -OCH3 is 2. The van der Waals surface area contributed by atoms with Gasteiger partial charge in [0.1, 0.15) is 34.3 Å². The van der Waals surface area contributed by atoms with Crippen molar-refractivity contribution in [3.05, 3.63) is 101 Å². The molecule has 65 heavy (non-hydrogen) atoms. The van der Waals surface area contributed by atoms with Crippen LogP contribution in [-0.2, 0) is 15.1 Å². The monoisotopic (exact) mass is 885 g/mol. The summed E-state index contributed by atoms with van der Waals surface area (Å²) in [6.45, 7) is 22.7. The summed E-state index contributed by atoms with van der Waals surface area (Å²) in [6, 6.07) is 25.8.